The molecule has 2 nitrogen and oxygen atoms in total. The van der Waals surface area contributed by atoms with Crippen LogP contribution in [0.4, 0.5) is 0 Å². The quantitative estimate of drug-likeness (QED) is 0.384. The molecule has 0 aliphatic rings. The van der Waals surface area contributed by atoms with Crippen LogP contribution in [0.15, 0.2) is 0 Å². The van der Waals surface area contributed by atoms with E-state index in [0.29, 0.717) is 0 Å². The summed E-state index contributed by atoms with van der Waals surface area (Å²) in [5.74, 6) is 0.992. The maximum Gasteiger partial charge on any atom is 0.151 e. The van der Waals surface area contributed by atoms with E-state index in [9.17, 15) is 0 Å². The predicted molar refractivity (Wildman–Crippen MR) is 46.5 cm³/mol. The molecule has 3 N–H and O–H groups in total. The van der Waals surface area contributed by atoms with Gasteiger partial charge in [0.2, 0.25) is 0 Å². The van der Waals surface area contributed by atoms with E-state index < -0.39 is 0 Å². The van der Waals surface area contributed by atoms with Crippen molar-refractivity contribution in [3.63, 3.8) is 0 Å². The van der Waals surface area contributed by atoms with Gasteiger partial charge in [-0.15, -0.1) is 12.4 Å². The van der Waals surface area contributed by atoms with E-state index in [4.69, 9.17) is 11.1 Å². The topological polar surface area (TPSA) is 49.9 Å². The second-order valence-electron chi connectivity index (χ2n) is 1.57. The molecule has 0 bridgehead atoms. The van der Waals surface area contributed by atoms with Crippen molar-refractivity contribution in [3.05, 3.63) is 0 Å². The molecule has 0 heterocycles. The van der Waals surface area contributed by atoms with Crippen LogP contribution < -0.4 is 5.73 Å². The highest BCUT2D eigenvalue weighted by Gasteiger charge is 1.87. The third kappa shape index (κ3) is 11.6. The first-order chi connectivity index (χ1) is 3.77. The Morgan fingerprint density at radius 2 is 2.22 bits per heavy atom. The minimum Gasteiger partial charge on any atom is -0.379 e. The van der Waals surface area contributed by atoms with Gasteiger partial charge in [0.15, 0.2) is 5.17 Å². The number of nitrogens with one attached hydrogen (secondary N) is 1. The van der Waals surface area contributed by atoms with Crippen LogP contribution >= 0.6 is 24.2 Å². The molecule has 0 aliphatic heterocycles. The zero-order chi connectivity index (χ0) is 6.41. The van der Waals surface area contributed by atoms with Gasteiger partial charge in [0.1, 0.15) is 0 Å². The predicted octanol–water partition coefficient (Wildman–Crippen LogP) is 1.83. The van der Waals surface area contributed by atoms with Crippen LogP contribution in [0.3, 0.4) is 0 Å². The lowest BCUT2D eigenvalue weighted by atomic mass is 10.4. The van der Waals surface area contributed by atoms with Crippen molar-refractivity contribution < 1.29 is 0 Å². The molecule has 9 heavy (non-hydrogen) atoms. The molecule has 0 aromatic rings. The Labute approximate surface area is 66.5 Å². The van der Waals surface area contributed by atoms with Gasteiger partial charge in [-0.3, -0.25) is 5.41 Å². The number of hydrogen-bond acceptors (Lipinski definition) is 2. The number of halogens is 1. The van der Waals surface area contributed by atoms with Crippen molar-refractivity contribution in [2.45, 2.75) is 19.8 Å². The number of amidine groups is 1. The van der Waals surface area contributed by atoms with Gasteiger partial charge >= 0.3 is 0 Å². The Morgan fingerprint density at radius 1 is 1.67 bits per heavy atom. The number of rotatable bonds is 3. The zero-order valence-electron chi connectivity index (χ0n) is 5.52. The van der Waals surface area contributed by atoms with Gasteiger partial charge in [-0.1, -0.05) is 25.1 Å². The molecule has 4 heteroatoms. The summed E-state index contributed by atoms with van der Waals surface area (Å²) in [4.78, 5) is 0. The third-order valence-electron chi connectivity index (χ3n) is 0.755. The van der Waals surface area contributed by atoms with E-state index in [0.717, 1.165) is 12.2 Å². The fraction of sp³-hybridized carbons (Fsp3) is 0.800. The molecule has 0 aromatic heterocycles. The first-order valence-corrected chi connectivity index (χ1v) is 3.72. The Balaban J connectivity index is 0. The summed E-state index contributed by atoms with van der Waals surface area (Å²) in [5.41, 5.74) is 5.08. The summed E-state index contributed by atoms with van der Waals surface area (Å²) in [7, 11) is 0. The maximum atomic E-state index is 6.81. The second-order valence-corrected chi connectivity index (χ2v) is 2.70. The monoisotopic (exact) mass is 168 g/mol. The Morgan fingerprint density at radius 3 is 2.56 bits per heavy atom. The van der Waals surface area contributed by atoms with Crippen LogP contribution in [0.2, 0.25) is 0 Å². The van der Waals surface area contributed by atoms with Crippen LogP contribution in [0.1, 0.15) is 19.8 Å². The average molecular weight is 169 g/mol. The smallest absolute Gasteiger partial charge is 0.151 e. The van der Waals surface area contributed by atoms with Gasteiger partial charge in [0.25, 0.3) is 0 Å². The summed E-state index contributed by atoms with van der Waals surface area (Å²) in [6, 6.07) is 0. The molecule has 0 aromatic carbocycles. The Hall–Kier alpha value is 0.110. The minimum absolute atomic E-state index is 0. The van der Waals surface area contributed by atoms with Crippen molar-refractivity contribution in [1.82, 2.24) is 0 Å². The highest BCUT2D eigenvalue weighted by molar-refractivity contribution is 8.13. The van der Waals surface area contributed by atoms with Crippen LogP contribution in [0.5, 0.6) is 0 Å². The van der Waals surface area contributed by atoms with Crippen molar-refractivity contribution in [3.8, 4) is 0 Å². The van der Waals surface area contributed by atoms with Crippen molar-refractivity contribution >= 4 is 29.3 Å². The van der Waals surface area contributed by atoms with Crippen LogP contribution in [0, 0.1) is 5.41 Å². The number of unbranched alkanes of at least 4 members (excludes halogenated alkanes) is 1. The molecule has 0 atom stereocenters. The molecular weight excluding hydrogens is 156 g/mol. The lowest BCUT2D eigenvalue weighted by molar-refractivity contribution is 0.898. The molecule has 0 unspecified atom stereocenters. The number of nitrogens with two attached hydrogens (primary N) is 1. The fourth-order valence-electron chi connectivity index (χ4n) is 0.326. The maximum absolute atomic E-state index is 6.81. The van der Waals surface area contributed by atoms with Gasteiger partial charge < -0.3 is 5.73 Å². The molecule has 0 rings (SSSR count). The molecule has 0 amide bonds. The Bertz CT molecular complexity index is 77.4. The molecule has 0 aliphatic carbocycles. The molecule has 56 valence electrons. The first kappa shape index (κ1) is 11.9. The largest absolute Gasteiger partial charge is 0.379 e. The van der Waals surface area contributed by atoms with E-state index in [1.54, 1.807) is 0 Å². The molecule has 0 fully saturated rings. The average Bonchev–Trinajstić information content (AvgIpc) is 1.66. The van der Waals surface area contributed by atoms with Gasteiger partial charge in [0.05, 0.1) is 0 Å². The van der Waals surface area contributed by atoms with E-state index >= 15 is 0 Å². The van der Waals surface area contributed by atoms with Crippen molar-refractivity contribution in [2.24, 2.45) is 5.73 Å². The van der Waals surface area contributed by atoms with Gasteiger partial charge in [-0.25, -0.2) is 0 Å². The second kappa shape index (κ2) is 8.11. The zero-order valence-corrected chi connectivity index (χ0v) is 7.15. The van der Waals surface area contributed by atoms with E-state index in [2.05, 4.69) is 6.92 Å². The minimum atomic E-state index is 0. The standard InChI is InChI=1S/C5H12N2S.ClH/c1-2-3-4-8-5(6)7;/h2-4H2,1H3,(H3,6,7);1H. The van der Waals surface area contributed by atoms with Crippen LogP contribution in [-0.4, -0.2) is 10.9 Å². The van der Waals surface area contributed by atoms with E-state index in [1.165, 1.54) is 18.2 Å². The summed E-state index contributed by atoms with van der Waals surface area (Å²) in [5, 5.41) is 7.05. The molecular formula is C5H13ClN2S. The number of hydrogen-bond donors (Lipinski definition) is 2. The molecule has 0 saturated carbocycles. The number of thioether (sulfide) groups is 1. The summed E-state index contributed by atoms with van der Waals surface area (Å²) < 4.78 is 0. The first-order valence-electron chi connectivity index (χ1n) is 2.74. The summed E-state index contributed by atoms with van der Waals surface area (Å²) >= 11 is 1.42. The SMILES string of the molecule is CCCCSC(=N)N.Cl. The van der Waals surface area contributed by atoms with Gasteiger partial charge in [-0.2, -0.15) is 0 Å². The summed E-state index contributed by atoms with van der Waals surface area (Å²) in [6.45, 7) is 2.13. The van der Waals surface area contributed by atoms with Gasteiger partial charge in [-0.05, 0) is 6.42 Å². The fourth-order valence-corrected chi connectivity index (χ4v) is 0.979. The highest BCUT2D eigenvalue weighted by Crippen LogP contribution is 2.01. The molecule has 0 saturated heterocycles. The lowest BCUT2D eigenvalue weighted by Crippen LogP contribution is -2.04. The highest BCUT2D eigenvalue weighted by atomic mass is 35.5. The Kier molecular flexibility index (Phi) is 10.7. The normalized spacial score (nSPS) is 8.11. The summed E-state index contributed by atoms with van der Waals surface area (Å²) in [6.07, 6.45) is 2.34. The van der Waals surface area contributed by atoms with E-state index in [1.807, 2.05) is 0 Å². The van der Waals surface area contributed by atoms with Crippen molar-refractivity contribution in [2.75, 3.05) is 5.75 Å². The molecule has 0 spiro atoms. The lowest BCUT2D eigenvalue weighted by Gasteiger charge is -1.93. The van der Waals surface area contributed by atoms with Crippen molar-refractivity contribution in [1.29, 1.82) is 5.41 Å². The van der Waals surface area contributed by atoms with Crippen LogP contribution in [0.25, 0.3) is 0 Å². The van der Waals surface area contributed by atoms with Crippen LogP contribution in [-0.2, 0) is 0 Å². The van der Waals surface area contributed by atoms with Gasteiger partial charge in [0, 0.05) is 5.75 Å². The third-order valence-corrected chi connectivity index (χ3v) is 1.56. The van der Waals surface area contributed by atoms with E-state index in [-0.39, 0.29) is 17.6 Å². The molecule has 0 radical (unpaired) electrons.